The largest absolute Gasteiger partial charge is 0.481 e. The highest BCUT2D eigenvalue weighted by molar-refractivity contribution is 7.90. The molecule has 0 spiro atoms. The van der Waals surface area contributed by atoms with Gasteiger partial charge >= 0.3 is 5.97 Å². The molecule has 25 heavy (non-hydrogen) atoms. The zero-order chi connectivity index (χ0) is 18.4. The van der Waals surface area contributed by atoms with Crippen LogP contribution in [0, 0.1) is 12.7 Å². The second-order valence-corrected chi connectivity index (χ2v) is 7.55. The van der Waals surface area contributed by atoms with Crippen molar-refractivity contribution in [2.24, 2.45) is 0 Å². The van der Waals surface area contributed by atoms with Gasteiger partial charge in [0.15, 0.2) is 5.65 Å². The number of carboxylic acids is 1. The van der Waals surface area contributed by atoms with Crippen LogP contribution in [0.3, 0.4) is 0 Å². The van der Waals surface area contributed by atoms with Gasteiger partial charge in [-0.15, -0.1) is 0 Å². The van der Waals surface area contributed by atoms with Gasteiger partial charge in [-0.3, -0.25) is 4.79 Å². The number of carboxylic acid groups (broad SMARTS) is 1. The van der Waals surface area contributed by atoms with E-state index in [0.29, 0.717) is 10.9 Å². The average molecular weight is 383 g/mol. The summed E-state index contributed by atoms with van der Waals surface area (Å²) in [4.78, 5) is 14.9. The van der Waals surface area contributed by atoms with Crippen molar-refractivity contribution in [3.05, 3.63) is 58.6 Å². The van der Waals surface area contributed by atoms with Crippen LogP contribution in [0.25, 0.3) is 11.0 Å². The van der Waals surface area contributed by atoms with Crippen molar-refractivity contribution in [2.75, 3.05) is 0 Å². The Labute approximate surface area is 147 Å². The average Bonchev–Trinajstić information content (AvgIpc) is 2.82. The Balaban J connectivity index is 2.32. The molecule has 0 radical (unpaired) electrons. The smallest absolute Gasteiger partial charge is 0.307 e. The first-order valence-electron chi connectivity index (χ1n) is 7.11. The Morgan fingerprint density at radius 2 is 2.08 bits per heavy atom. The van der Waals surface area contributed by atoms with Gasteiger partial charge in [-0.25, -0.2) is 21.8 Å². The number of nitrogens with zero attached hydrogens (tertiary/aromatic N) is 2. The molecule has 0 saturated heterocycles. The van der Waals surface area contributed by atoms with Gasteiger partial charge in [-0.05, 0) is 42.8 Å². The van der Waals surface area contributed by atoms with Crippen molar-refractivity contribution in [2.45, 2.75) is 18.2 Å². The predicted octanol–water partition coefficient (Wildman–Crippen LogP) is 3.00. The number of fused-ring (bicyclic) bond motifs is 1. The molecule has 0 saturated carbocycles. The van der Waals surface area contributed by atoms with Crippen LogP contribution in [0.5, 0.6) is 0 Å². The van der Waals surface area contributed by atoms with Gasteiger partial charge in [-0.1, -0.05) is 11.6 Å². The van der Waals surface area contributed by atoms with E-state index >= 15 is 0 Å². The van der Waals surface area contributed by atoms with E-state index in [-0.39, 0.29) is 27.7 Å². The Hall–Kier alpha value is -2.45. The lowest BCUT2D eigenvalue weighted by molar-refractivity contribution is -0.136. The van der Waals surface area contributed by atoms with Crippen LogP contribution in [0.2, 0.25) is 5.02 Å². The molecular formula is C16H12ClFN2O4S. The number of pyridine rings is 1. The highest BCUT2D eigenvalue weighted by atomic mass is 35.5. The number of hydrogen-bond donors (Lipinski definition) is 1. The lowest BCUT2D eigenvalue weighted by Gasteiger charge is -2.10. The summed E-state index contributed by atoms with van der Waals surface area (Å²) in [7, 11) is -4.19. The minimum Gasteiger partial charge on any atom is -0.481 e. The minimum absolute atomic E-state index is 0.0895. The summed E-state index contributed by atoms with van der Waals surface area (Å²) in [5.41, 5.74) is 0.645. The molecule has 0 amide bonds. The Morgan fingerprint density at radius 1 is 1.36 bits per heavy atom. The second-order valence-electron chi connectivity index (χ2n) is 5.35. The maximum Gasteiger partial charge on any atom is 0.307 e. The van der Waals surface area contributed by atoms with Gasteiger partial charge in [0.25, 0.3) is 10.0 Å². The zero-order valence-electron chi connectivity index (χ0n) is 12.9. The third kappa shape index (κ3) is 2.87. The van der Waals surface area contributed by atoms with E-state index in [0.717, 1.165) is 16.1 Å². The van der Waals surface area contributed by atoms with Crippen LogP contribution in [0.4, 0.5) is 4.39 Å². The number of benzene rings is 1. The lowest BCUT2D eigenvalue weighted by Crippen LogP contribution is -2.15. The monoisotopic (exact) mass is 382 g/mol. The van der Waals surface area contributed by atoms with E-state index in [1.807, 2.05) is 0 Å². The molecule has 0 aliphatic rings. The summed E-state index contributed by atoms with van der Waals surface area (Å²) in [5, 5.41) is 9.32. The Morgan fingerprint density at radius 3 is 2.72 bits per heavy atom. The minimum atomic E-state index is -4.19. The van der Waals surface area contributed by atoms with Gasteiger partial charge in [0, 0.05) is 17.3 Å². The first-order chi connectivity index (χ1) is 11.7. The SMILES string of the molecule is Cc1c(CC(=O)O)c2cccnc2n1S(=O)(=O)c1ccc(Cl)c(F)c1. The first-order valence-corrected chi connectivity index (χ1v) is 8.92. The molecule has 0 unspecified atom stereocenters. The van der Waals surface area contributed by atoms with E-state index in [4.69, 9.17) is 16.7 Å². The van der Waals surface area contributed by atoms with Crippen molar-refractivity contribution in [3.8, 4) is 0 Å². The number of rotatable bonds is 4. The predicted molar refractivity (Wildman–Crippen MR) is 89.8 cm³/mol. The van der Waals surface area contributed by atoms with Crippen molar-refractivity contribution < 1.29 is 22.7 Å². The lowest BCUT2D eigenvalue weighted by atomic mass is 10.1. The number of hydrogen-bond acceptors (Lipinski definition) is 4. The normalized spacial score (nSPS) is 11.8. The van der Waals surface area contributed by atoms with Crippen LogP contribution in [0.15, 0.2) is 41.4 Å². The van der Waals surface area contributed by atoms with Gasteiger partial charge in [0.1, 0.15) is 5.82 Å². The molecule has 0 aliphatic carbocycles. The maximum atomic E-state index is 13.7. The summed E-state index contributed by atoms with van der Waals surface area (Å²) >= 11 is 5.61. The van der Waals surface area contributed by atoms with E-state index < -0.39 is 21.8 Å². The van der Waals surface area contributed by atoms with E-state index in [2.05, 4.69) is 4.98 Å². The molecular weight excluding hydrogens is 371 g/mol. The highest BCUT2D eigenvalue weighted by Gasteiger charge is 2.27. The zero-order valence-corrected chi connectivity index (χ0v) is 14.5. The molecule has 0 atom stereocenters. The number of aliphatic carboxylic acids is 1. The molecule has 6 nitrogen and oxygen atoms in total. The molecule has 0 bridgehead atoms. The maximum absolute atomic E-state index is 13.7. The fourth-order valence-corrected chi connectivity index (χ4v) is 4.35. The molecule has 0 aliphatic heterocycles. The first kappa shape index (κ1) is 17.4. The molecule has 9 heteroatoms. The van der Waals surface area contributed by atoms with Crippen LogP contribution in [-0.4, -0.2) is 28.5 Å². The number of aromatic nitrogens is 2. The van der Waals surface area contributed by atoms with Crippen LogP contribution in [-0.2, 0) is 21.2 Å². The third-order valence-electron chi connectivity index (χ3n) is 3.80. The molecule has 0 fully saturated rings. The van der Waals surface area contributed by atoms with Gasteiger partial charge in [0.05, 0.1) is 16.3 Å². The molecule has 2 aromatic heterocycles. The summed E-state index contributed by atoms with van der Waals surface area (Å²) < 4.78 is 40.6. The second kappa shape index (κ2) is 6.12. The standard InChI is InChI=1S/C16H12ClFN2O4S/c1-9-12(8-15(21)22)11-3-2-6-19-16(11)20(9)25(23,24)10-4-5-13(17)14(18)7-10/h2-7H,8H2,1H3,(H,21,22). The van der Waals surface area contributed by atoms with Gasteiger partial charge < -0.3 is 5.11 Å². The summed E-state index contributed by atoms with van der Waals surface area (Å²) in [6.07, 6.45) is 1.05. The van der Waals surface area contributed by atoms with Crippen LogP contribution >= 0.6 is 11.6 Å². The van der Waals surface area contributed by atoms with Gasteiger partial charge in [-0.2, -0.15) is 0 Å². The summed E-state index contributed by atoms with van der Waals surface area (Å²) in [5.74, 6) is -1.96. The topological polar surface area (TPSA) is 89.3 Å². The Bertz CT molecular complexity index is 1110. The molecule has 2 heterocycles. The molecule has 3 rings (SSSR count). The van der Waals surface area contributed by atoms with Crippen molar-refractivity contribution in [1.82, 2.24) is 8.96 Å². The number of halogens is 2. The molecule has 3 aromatic rings. The highest BCUT2D eigenvalue weighted by Crippen LogP contribution is 2.30. The van der Waals surface area contributed by atoms with E-state index in [1.54, 1.807) is 12.1 Å². The third-order valence-corrected chi connectivity index (χ3v) is 5.89. The van der Waals surface area contributed by atoms with Gasteiger partial charge in [0.2, 0.25) is 0 Å². The Kier molecular flexibility index (Phi) is 4.26. The van der Waals surface area contributed by atoms with E-state index in [1.165, 1.54) is 19.2 Å². The molecule has 130 valence electrons. The van der Waals surface area contributed by atoms with Crippen molar-refractivity contribution in [1.29, 1.82) is 0 Å². The molecule has 1 aromatic carbocycles. The fourth-order valence-electron chi connectivity index (χ4n) is 2.68. The van der Waals surface area contributed by atoms with Crippen LogP contribution < -0.4 is 0 Å². The number of carbonyl (C=O) groups is 1. The van der Waals surface area contributed by atoms with Crippen LogP contribution in [0.1, 0.15) is 11.3 Å². The van der Waals surface area contributed by atoms with E-state index in [9.17, 15) is 17.6 Å². The summed E-state index contributed by atoms with van der Waals surface area (Å²) in [6.45, 7) is 1.49. The van der Waals surface area contributed by atoms with Crippen molar-refractivity contribution >= 4 is 38.6 Å². The quantitative estimate of drug-likeness (QED) is 0.749. The van der Waals surface area contributed by atoms with Crippen molar-refractivity contribution in [3.63, 3.8) is 0 Å². The molecule has 1 N–H and O–H groups in total. The fraction of sp³-hybridized carbons (Fsp3) is 0.125. The summed E-state index contributed by atoms with van der Waals surface area (Å²) in [6, 6.07) is 6.35.